The predicted molar refractivity (Wildman–Crippen MR) is 68.9 cm³/mol. The van der Waals surface area contributed by atoms with Crippen molar-refractivity contribution in [1.82, 2.24) is 10.2 Å². The first-order valence-corrected chi connectivity index (χ1v) is 6.84. The molecule has 1 heterocycles. The van der Waals surface area contributed by atoms with Crippen molar-refractivity contribution < 1.29 is 19.4 Å². The van der Waals surface area contributed by atoms with Gasteiger partial charge in [0.2, 0.25) is 0 Å². The molecule has 0 bridgehead atoms. The second-order valence-electron chi connectivity index (χ2n) is 5.81. The molecule has 1 saturated carbocycles. The molecule has 0 aromatic rings. The maximum absolute atomic E-state index is 12.3. The second-order valence-corrected chi connectivity index (χ2v) is 5.81. The first-order chi connectivity index (χ1) is 8.94. The van der Waals surface area contributed by atoms with Gasteiger partial charge in [0, 0.05) is 25.6 Å². The van der Waals surface area contributed by atoms with Gasteiger partial charge in [-0.1, -0.05) is 0 Å². The molecule has 2 fully saturated rings. The van der Waals surface area contributed by atoms with Gasteiger partial charge in [0.05, 0.1) is 6.61 Å². The number of nitrogens with zero attached hydrogens (tertiary/aromatic N) is 1. The lowest BCUT2D eigenvalue weighted by Crippen LogP contribution is -2.59. The molecular weight excluding hydrogens is 248 g/mol. The fourth-order valence-corrected chi connectivity index (χ4v) is 2.27. The molecule has 1 aliphatic carbocycles. The summed E-state index contributed by atoms with van der Waals surface area (Å²) in [6.07, 6.45) is 2.64. The number of rotatable bonds is 5. The monoisotopic (exact) mass is 270 g/mol. The van der Waals surface area contributed by atoms with Gasteiger partial charge in [-0.2, -0.15) is 0 Å². The van der Waals surface area contributed by atoms with Gasteiger partial charge in [-0.05, 0) is 32.6 Å². The van der Waals surface area contributed by atoms with Crippen molar-refractivity contribution in [2.24, 2.45) is 5.92 Å². The largest absolute Gasteiger partial charge is 0.479 e. The van der Waals surface area contributed by atoms with Gasteiger partial charge in [0.1, 0.15) is 0 Å². The van der Waals surface area contributed by atoms with Gasteiger partial charge in [-0.15, -0.1) is 0 Å². The highest BCUT2D eigenvalue weighted by Crippen LogP contribution is 2.30. The number of carbonyl (C=O) groups is 2. The van der Waals surface area contributed by atoms with Crippen LogP contribution < -0.4 is 5.32 Å². The van der Waals surface area contributed by atoms with Crippen molar-refractivity contribution in [3.05, 3.63) is 0 Å². The first kappa shape index (κ1) is 14.1. The third-order valence-electron chi connectivity index (χ3n) is 3.81. The van der Waals surface area contributed by atoms with Gasteiger partial charge >= 0.3 is 12.0 Å². The number of amides is 2. The Morgan fingerprint density at radius 1 is 1.47 bits per heavy atom. The Labute approximate surface area is 113 Å². The quantitative estimate of drug-likeness (QED) is 0.783. The van der Waals surface area contributed by atoms with Gasteiger partial charge in [0.25, 0.3) is 0 Å². The van der Waals surface area contributed by atoms with Crippen LogP contribution in [0.2, 0.25) is 0 Å². The van der Waals surface area contributed by atoms with E-state index in [9.17, 15) is 14.7 Å². The number of carboxylic acid groups (broad SMARTS) is 1. The molecule has 2 aliphatic rings. The summed E-state index contributed by atoms with van der Waals surface area (Å²) in [6, 6.07) is -0.233. The molecule has 108 valence electrons. The number of aliphatic carboxylic acids is 1. The lowest BCUT2D eigenvalue weighted by Gasteiger charge is -2.32. The summed E-state index contributed by atoms with van der Waals surface area (Å²) in [5, 5.41) is 12.0. The molecule has 6 nitrogen and oxygen atoms in total. The Hall–Kier alpha value is -1.30. The molecule has 2 rings (SSSR count). The summed E-state index contributed by atoms with van der Waals surface area (Å²) in [5.74, 6) is -0.442. The molecule has 1 saturated heterocycles. The average molecular weight is 270 g/mol. The SMILES string of the molecule is CC(C)N(CC1CC1)C(=O)NC1(C(=O)O)CCOC1. The number of nitrogens with one attached hydrogen (secondary N) is 1. The summed E-state index contributed by atoms with van der Waals surface area (Å²) in [7, 11) is 0. The zero-order valence-corrected chi connectivity index (χ0v) is 11.5. The van der Waals surface area contributed by atoms with E-state index in [-0.39, 0.29) is 18.7 Å². The van der Waals surface area contributed by atoms with Crippen LogP contribution in [-0.4, -0.2) is 53.3 Å². The number of carboxylic acids is 1. The summed E-state index contributed by atoms with van der Waals surface area (Å²) in [5.41, 5.74) is -1.26. The minimum atomic E-state index is -1.26. The molecule has 2 N–H and O–H groups in total. The van der Waals surface area contributed by atoms with Crippen molar-refractivity contribution in [2.75, 3.05) is 19.8 Å². The van der Waals surface area contributed by atoms with Crippen LogP contribution in [0.4, 0.5) is 4.79 Å². The number of hydrogen-bond donors (Lipinski definition) is 2. The highest BCUT2D eigenvalue weighted by Gasteiger charge is 2.45. The van der Waals surface area contributed by atoms with Crippen LogP contribution in [0.1, 0.15) is 33.1 Å². The molecule has 2 amide bonds. The predicted octanol–water partition coefficient (Wildman–Crippen LogP) is 1.06. The van der Waals surface area contributed by atoms with Crippen molar-refractivity contribution in [3.63, 3.8) is 0 Å². The van der Waals surface area contributed by atoms with Crippen LogP contribution >= 0.6 is 0 Å². The molecular formula is C13H22N2O4. The third-order valence-corrected chi connectivity index (χ3v) is 3.81. The van der Waals surface area contributed by atoms with E-state index in [4.69, 9.17) is 4.74 Å². The smallest absolute Gasteiger partial charge is 0.332 e. The molecule has 6 heteroatoms. The minimum Gasteiger partial charge on any atom is -0.479 e. The van der Waals surface area contributed by atoms with Crippen LogP contribution in [0, 0.1) is 5.92 Å². The lowest BCUT2D eigenvalue weighted by molar-refractivity contribution is -0.144. The van der Waals surface area contributed by atoms with Crippen LogP contribution in [0.25, 0.3) is 0 Å². The van der Waals surface area contributed by atoms with E-state index < -0.39 is 11.5 Å². The second kappa shape index (κ2) is 5.36. The van der Waals surface area contributed by atoms with E-state index in [0.717, 1.165) is 12.8 Å². The van der Waals surface area contributed by atoms with E-state index >= 15 is 0 Å². The van der Waals surface area contributed by atoms with Gasteiger partial charge in [-0.3, -0.25) is 0 Å². The van der Waals surface area contributed by atoms with Crippen LogP contribution in [-0.2, 0) is 9.53 Å². The van der Waals surface area contributed by atoms with Crippen LogP contribution in [0.5, 0.6) is 0 Å². The number of urea groups is 1. The average Bonchev–Trinajstić information content (AvgIpc) is 3.03. The Balaban J connectivity index is 2.02. The van der Waals surface area contributed by atoms with E-state index in [1.165, 1.54) is 0 Å². The zero-order valence-electron chi connectivity index (χ0n) is 11.5. The summed E-state index contributed by atoms with van der Waals surface area (Å²) in [4.78, 5) is 25.4. The van der Waals surface area contributed by atoms with Gasteiger partial charge in [-0.25, -0.2) is 9.59 Å². The first-order valence-electron chi connectivity index (χ1n) is 6.84. The molecule has 0 spiro atoms. The van der Waals surface area contributed by atoms with E-state index in [2.05, 4.69) is 5.32 Å². The van der Waals surface area contributed by atoms with Crippen molar-refractivity contribution in [3.8, 4) is 0 Å². The molecule has 0 radical (unpaired) electrons. The van der Waals surface area contributed by atoms with Gasteiger partial charge in [0.15, 0.2) is 5.54 Å². The summed E-state index contributed by atoms with van der Waals surface area (Å²) >= 11 is 0. The highest BCUT2D eigenvalue weighted by molar-refractivity contribution is 5.86. The zero-order chi connectivity index (χ0) is 14.0. The molecule has 0 aromatic heterocycles. The molecule has 1 aliphatic heterocycles. The van der Waals surface area contributed by atoms with Crippen LogP contribution in [0.15, 0.2) is 0 Å². The minimum absolute atomic E-state index is 0.0451. The van der Waals surface area contributed by atoms with Crippen LogP contribution in [0.3, 0.4) is 0 Å². The Kier molecular flexibility index (Phi) is 3.99. The van der Waals surface area contributed by atoms with E-state index in [1.54, 1.807) is 4.90 Å². The maximum atomic E-state index is 12.3. The molecule has 19 heavy (non-hydrogen) atoms. The van der Waals surface area contributed by atoms with Crippen molar-refractivity contribution in [1.29, 1.82) is 0 Å². The fraction of sp³-hybridized carbons (Fsp3) is 0.846. The van der Waals surface area contributed by atoms with E-state index in [0.29, 0.717) is 25.5 Å². The Morgan fingerprint density at radius 2 is 2.16 bits per heavy atom. The molecule has 0 aromatic carbocycles. The Bertz CT molecular complexity index is 360. The molecule has 1 unspecified atom stereocenters. The number of ether oxygens (including phenoxy) is 1. The van der Waals surface area contributed by atoms with E-state index in [1.807, 2.05) is 13.8 Å². The van der Waals surface area contributed by atoms with Gasteiger partial charge < -0.3 is 20.1 Å². The normalized spacial score (nSPS) is 26.5. The summed E-state index contributed by atoms with van der Waals surface area (Å²) < 4.78 is 5.14. The fourth-order valence-electron chi connectivity index (χ4n) is 2.27. The number of hydrogen-bond acceptors (Lipinski definition) is 3. The third kappa shape index (κ3) is 3.18. The lowest BCUT2D eigenvalue weighted by atomic mass is 9.99. The van der Waals surface area contributed by atoms with Crippen molar-refractivity contribution in [2.45, 2.75) is 44.7 Å². The summed E-state index contributed by atoms with van der Waals surface area (Å²) in [6.45, 7) is 5.02. The maximum Gasteiger partial charge on any atom is 0.332 e. The Morgan fingerprint density at radius 3 is 2.58 bits per heavy atom. The topological polar surface area (TPSA) is 78.9 Å². The standard InChI is InChI=1S/C13H22N2O4/c1-9(2)15(7-10-3-4-10)12(18)14-13(11(16)17)5-6-19-8-13/h9-10H,3-8H2,1-2H3,(H,14,18)(H,16,17). The molecule has 1 atom stereocenters. The van der Waals surface area contributed by atoms with Crippen molar-refractivity contribution >= 4 is 12.0 Å². The number of carbonyl (C=O) groups excluding carboxylic acids is 1. The highest BCUT2D eigenvalue weighted by atomic mass is 16.5.